The SMILES string of the molecule is C=CCOCOC1C[C@H](n2ccc(=O)[nH]c2=O)O[C@@H]1COP(=O)(O)OP(=O)(O)OP(=O)(O)O. The van der Waals surface area contributed by atoms with Crippen LogP contribution in [0.2, 0.25) is 0 Å². The van der Waals surface area contributed by atoms with Crippen LogP contribution in [0, 0.1) is 0 Å². The molecule has 0 aliphatic carbocycles. The fraction of sp³-hybridized carbons (Fsp3) is 0.538. The number of ether oxygens (including phenoxy) is 3. The van der Waals surface area contributed by atoms with E-state index in [2.05, 4.69) is 19.7 Å². The smallest absolute Gasteiger partial charge is 0.351 e. The Bertz CT molecular complexity index is 1080. The number of hydrogen-bond donors (Lipinski definition) is 5. The van der Waals surface area contributed by atoms with Gasteiger partial charge in [-0.3, -0.25) is 18.9 Å². The molecule has 1 aliphatic rings. The van der Waals surface area contributed by atoms with Crippen molar-refractivity contribution in [1.82, 2.24) is 9.55 Å². The van der Waals surface area contributed by atoms with Crippen LogP contribution in [0.3, 0.4) is 0 Å². The quantitative estimate of drug-likeness (QED) is 0.0938. The monoisotopic (exact) mass is 538 g/mol. The largest absolute Gasteiger partial charge is 0.490 e. The third-order valence-electron chi connectivity index (χ3n) is 3.76. The van der Waals surface area contributed by atoms with Gasteiger partial charge in [0, 0.05) is 18.7 Å². The zero-order valence-electron chi connectivity index (χ0n) is 16.6. The van der Waals surface area contributed by atoms with Gasteiger partial charge in [0.25, 0.3) is 5.56 Å². The van der Waals surface area contributed by atoms with Crippen LogP contribution in [0.15, 0.2) is 34.5 Å². The first-order valence-electron chi connectivity index (χ1n) is 8.77. The number of H-pyrrole nitrogens is 1. The van der Waals surface area contributed by atoms with Gasteiger partial charge in [0.05, 0.1) is 19.3 Å². The summed E-state index contributed by atoms with van der Waals surface area (Å²) in [7, 11) is -16.6. The van der Waals surface area contributed by atoms with Crippen LogP contribution in [0.25, 0.3) is 0 Å². The number of nitrogens with one attached hydrogen (secondary N) is 1. The molecule has 2 rings (SSSR count). The van der Waals surface area contributed by atoms with Gasteiger partial charge in [-0.15, -0.1) is 6.58 Å². The molecule has 1 saturated heterocycles. The second-order valence-electron chi connectivity index (χ2n) is 6.25. The van der Waals surface area contributed by atoms with E-state index in [0.29, 0.717) is 0 Å². The van der Waals surface area contributed by atoms with Gasteiger partial charge in [0.1, 0.15) is 19.1 Å². The second-order valence-corrected chi connectivity index (χ2v) is 10.7. The average molecular weight is 538 g/mol. The molecule has 0 spiro atoms. The third-order valence-corrected chi connectivity index (χ3v) is 7.56. The van der Waals surface area contributed by atoms with Crippen LogP contribution in [0.4, 0.5) is 0 Å². The summed E-state index contributed by atoms with van der Waals surface area (Å²) >= 11 is 0. The summed E-state index contributed by atoms with van der Waals surface area (Å²) in [5, 5.41) is 0. The summed E-state index contributed by atoms with van der Waals surface area (Å²) < 4.78 is 63.0. The molecular formula is C13H21N2O15P3. The van der Waals surface area contributed by atoms with Crippen molar-refractivity contribution in [2.75, 3.05) is 20.0 Å². The molecule has 2 heterocycles. The first-order valence-corrected chi connectivity index (χ1v) is 13.3. The lowest BCUT2D eigenvalue weighted by Gasteiger charge is -2.21. The lowest BCUT2D eigenvalue weighted by Crippen LogP contribution is -2.31. The summed E-state index contributed by atoms with van der Waals surface area (Å²) in [5.74, 6) is 0. The number of rotatable bonds is 13. The minimum absolute atomic E-state index is 0.00613. The highest BCUT2D eigenvalue weighted by Crippen LogP contribution is 2.66. The number of nitrogens with zero attached hydrogens (tertiary/aromatic N) is 1. The van der Waals surface area contributed by atoms with Gasteiger partial charge in [0.2, 0.25) is 0 Å². The average Bonchev–Trinajstić information content (AvgIpc) is 3.03. The molecule has 1 aliphatic heterocycles. The van der Waals surface area contributed by atoms with Crippen LogP contribution in [-0.2, 0) is 41.1 Å². The van der Waals surface area contributed by atoms with E-state index < -0.39 is 59.8 Å². The van der Waals surface area contributed by atoms with Crippen LogP contribution in [-0.4, -0.2) is 61.3 Å². The first kappa shape index (κ1) is 28.0. The first-order chi connectivity index (χ1) is 15.2. The molecule has 1 aromatic heterocycles. The van der Waals surface area contributed by atoms with Crippen LogP contribution in [0.1, 0.15) is 12.6 Å². The number of phosphoric ester groups is 1. The molecule has 0 aromatic carbocycles. The third kappa shape index (κ3) is 9.47. The van der Waals surface area contributed by atoms with Crippen molar-refractivity contribution < 1.29 is 60.6 Å². The number of aromatic nitrogens is 2. The predicted molar refractivity (Wildman–Crippen MR) is 106 cm³/mol. The van der Waals surface area contributed by atoms with E-state index in [4.69, 9.17) is 24.0 Å². The Morgan fingerprint density at radius 1 is 1.18 bits per heavy atom. The molecule has 3 unspecified atom stereocenters. The Morgan fingerprint density at radius 3 is 2.48 bits per heavy atom. The van der Waals surface area contributed by atoms with Crippen molar-refractivity contribution in [1.29, 1.82) is 0 Å². The number of hydrogen-bond acceptors (Lipinski definition) is 11. The van der Waals surface area contributed by atoms with Crippen LogP contribution in [0.5, 0.6) is 0 Å². The van der Waals surface area contributed by atoms with E-state index >= 15 is 0 Å². The van der Waals surface area contributed by atoms with Crippen molar-refractivity contribution in [3.8, 4) is 0 Å². The fourth-order valence-electron chi connectivity index (χ4n) is 2.59. The minimum atomic E-state index is -5.69. The van der Waals surface area contributed by atoms with E-state index in [1.165, 1.54) is 6.08 Å². The maximum Gasteiger partial charge on any atom is 0.490 e. The molecule has 1 aromatic rings. The number of phosphoric acid groups is 3. The fourth-order valence-corrected chi connectivity index (χ4v) is 5.62. The van der Waals surface area contributed by atoms with Crippen LogP contribution >= 0.6 is 23.5 Å². The molecule has 1 fully saturated rings. The normalized spacial score (nSPS) is 24.8. The van der Waals surface area contributed by atoms with Crippen molar-refractivity contribution >= 4 is 23.5 Å². The van der Waals surface area contributed by atoms with E-state index in [1.807, 2.05) is 4.98 Å². The molecule has 5 N–H and O–H groups in total. The molecule has 5 atom stereocenters. The Hall–Kier alpha value is -1.29. The van der Waals surface area contributed by atoms with Crippen molar-refractivity contribution in [3.05, 3.63) is 45.8 Å². The van der Waals surface area contributed by atoms with Gasteiger partial charge in [-0.25, -0.2) is 18.5 Å². The van der Waals surface area contributed by atoms with Gasteiger partial charge >= 0.3 is 29.2 Å². The highest BCUT2D eigenvalue weighted by Gasteiger charge is 2.43. The number of aromatic amines is 1. The second kappa shape index (κ2) is 11.4. The van der Waals surface area contributed by atoms with Crippen molar-refractivity contribution in [2.24, 2.45) is 0 Å². The summed E-state index contributed by atoms with van der Waals surface area (Å²) in [6.07, 6.45) is -0.468. The molecule has 33 heavy (non-hydrogen) atoms. The van der Waals surface area contributed by atoms with Gasteiger partial charge < -0.3 is 33.8 Å². The minimum Gasteiger partial charge on any atom is -0.351 e. The van der Waals surface area contributed by atoms with Gasteiger partial charge in [-0.2, -0.15) is 8.62 Å². The van der Waals surface area contributed by atoms with E-state index in [9.17, 15) is 33.1 Å². The lowest BCUT2D eigenvalue weighted by molar-refractivity contribution is -0.113. The standard InChI is InChI=1S/C13H21N2O15P3/c1-2-5-25-8-26-9-6-12(15-4-3-11(16)14-13(15)17)28-10(9)7-27-32(21,22)30-33(23,24)29-31(18,19)20/h2-4,9-10,12H,1,5-8H2,(H,21,22)(H,23,24)(H,14,16,17)(H2,18,19,20)/t9?,10-,12-/m1/s1. The maximum atomic E-state index is 12.0. The Kier molecular flexibility index (Phi) is 9.68. The van der Waals surface area contributed by atoms with Crippen molar-refractivity contribution in [3.63, 3.8) is 0 Å². The van der Waals surface area contributed by atoms with Gasteiger partial charge in [-0.1, -0.05) is 6.08 Å². The van der Waals surface area contributed by atoms with Crippen molar-refractivity contribution in [2.45, 2.75) is 24.9 Å². The highest BCUT2D eigenvalue weighted by atomic mass is 31.3. The van der Waals surface area contributed by atoms with E-state index in [1.54, 1.807) is 0 Å². The molecule has 0 radical (unpaired) electrons. The Morgan fingerprint density at radius 2 is 1.88 bits per heavy atom. The van der Waals surface area contributed by atoms with E-state index in [0.717, 1.165) is 16.8 Å². The molecule has 20 heteroatoms. The summed E-state index contributed by atoms with van der Waals surface area (Å²) in [6, 6.07) is 1.06. The molecule has 0 amide bonds. The van der Waals surface area contributed by atoms with Crippen LogP contribution < -0.4 is 11.2 Å². The summed E-state index contributed by atoms with van der Waals surface area (Å²) in [5.41, 5.74) is -1.45. The van der Waals surface area contributed by atoms with Gasteiger partial charge in [-0.05, 0) is 0 Å². The molecular weight excluding hydrogens is 517 g/mol. The zero-order valence-corrected chi connectivity index (χ0v) is 19.3. The Labute approximate surface area is 184 Å². The highest BCUT2D eigenvalue weighted by molar-refractivity contribution is 7.66. The Balaban J connectivity index is 2.09. The molecule has 188 valence electrons. The summed E-state index contributed by atoms with van der Waals surface area (Å²) in [6.45, 7) is 2.53. The molecule has 0 saturated carbocycles. The molecule has 17 nitrogen and oxygen atoms in total. The topological polar surface area (TPSA) is 242 Å². The summed E-state index contributed by atoms with van der Waals surface area (Å²) in [4.78, 5) is 61.2. The van der Waals surface area contributed by atoms with Gasteiger partial charge in [0.15, 0.2) is 0 Å². The zero-order chi connectivity index (χ0) is 24.9. The molecule has 0 bridgehead atoms. The lowest BCUT2D eigenvalue weighted by atomic mass is 10.2. The van der Waals surface area contributed by atoms with E-state index in [-0.39, 0.29) is 19.8 Å². The predicted octanol–water partition coefficient (Wildman–Crippen LogP) is -0.287. The maximum absolute atomic E-state index is 12.0.